The minimum atomic E-state index is -0.240. The molecule has 7 nitrogen and oxygen atoms in total. The first-order valence-corrected chi connectivity index (χ1v) is 9.69. The molecular weight excluding hydrogens is 368 g/mol. The Morgan fingerprint density at radius 2 is 1.55 bits per heavy atom. The first-order valence-electron chi connectivity index (χ1n) is 9.69. The number of nitrogens with one attached hydrogen (secondary N) is 2. The van der Waals surface area contributed by atoms with Gasteiger partial charge in [0.1, 0.15) is 0 Å². The summed E-state index contributed by atoms with van der Waals surface area (Å²) >= 11 is 0. The summed E-state index contributed by atoms with van der Waals surface area (Å²) in [6.07, 6.45) is 2.09. The Morgan fingerprint density at radius 1 is 0.931 bits per heavy atom. The Morgan fingerprint density at radius 3 is 2.24 bits per heavy atom. The Hall–Kier alpha value is -3.35. The molecule has 1 aliphatic rings. The number of likely N-dealkylation sites (tertiary alicyclic amines) is 1. The van der Waals surface area contributed by atoms with Gasteiger partial charge < -0.3 is 20.4 Å². The number of carbonyl (C=O) groups excluding carboxylic acids is 3. The topological polar surface area (TPSA) is 81.8 Å². The van der Waals surface area contributed by atoms with Crippen molar-refractivity contribution < 1.29 is 14.4 Å². The van der Waals surface area contributed by atoms with Crippen molar-refractivity contribution in [3.63, 3.8) is 0 Å². The van der Waals surface area contributed by atoms with Crippen molar-refractivity contribution in [1.29, 1.82) is 0 Å². The zero-order valence-electron chi connectivity index (χ0n) is 16.8. The smallest absolute Gasteiger partial charge is 0.253 e. The van der Waals surface area contributed by atoms with Crippen LogP contribution in [0.25, 0.3) is 0 Å². The first-order chi connectivity index (χ1) is 13.9. The van der Waals surface area contributed by atoms with Crippen molar-refractivity contribution in [3.8, 4) is 0 Å². The van der Waals surface area contributed by atoms with Crippen LogP contribution in [0.4, 0.5) is 11.4 Å². The Kier molecular flexibility index (Phi) is 6.49. The molecule has 0 atom stereocenters. The van der Waals surface area contributed by atoms with Gasteiger partial charge in [-0.1, -0.05) is 12.1 Å². The van der Waals surface area contributed by atoms with Crippen LogP contribution in [0.5, 0.6) is 0 Å². The summed E-state index contributed by atoms with van der Waals surface area (Å²) in [5.74, 6) is -0.340. The molecule has 1 aliphatic heterocycles. The van der Waals surface area contributed by atoms with E-state index in [0.717, 1.165) is 25.9 Å². The van der Waals surface area contributed by atoms with Crippen LogP contribution in [0.1, 0.15) is 33.6 Å². The molecular formula is C22H26N4O3. The summed E-state index contributed by atoms with van der Waals surface area (Å²) in [5.41, 5.74) is 2.39. The molecule has 0 unspecified atom stereocenters. The van der Waals surface area contributed by atoms with Gasteiger partial charge in [0, 0.05) is 49.7 Å². The number of nitrogens with zero attached hydrogens (tertiary/aromatic N) is 2. The largest absolute Gasteiger partial charge is 0.376 e. The predicted octanol–water partition coefficient (Wildman–Crippen LogP) is 2.68. The third-order valence-electron chi connectivity index (χ3n) is 4.76. The molecule has 7 heteroatoms. The second kappa shape index (κ2) is 9.23. The maximum absolute atomic E-state index is 12.5. The molecule has 0 bridgehead atoms. The fourth-order valence-corrected chi connectivity index (χ4v) is 3.24. The lowest BCUT2D eigenvalue weighted by atomic mass is 10.1. The van der Waals surface area contributed by atoms with E-state index in [0.29, 0.717) is 22.5 Å². The van der Waals surface area contributed by atoms with Crippen molar-refractivity contribution >= 4 is 29.1 Å². The molecule has 0 saturated carbocycles. The molecule has 1 heterocycles. The summed E-state index contributed by atoms with van der Waals surface area (Å²) < 4.78 is 0. The van der Waals surface area contributed by atoms with Gasteiger partial charge in [-0.3, -0.25) is 14.4 Å². The van der Waals surface area contributed by atoms with Crippen LogP contribution in [-0.4, -0.2) is 61.3 Å². The van der Waals surface area contributed by atoms with Crippen molar-refractivity contribution in [2.24, 2.45) is 0 Å². The van der Waals surface area contributed by atoms with E-state index < -0.39 is 0 Å². The summed E-state index contributed by atoms with van der Waals surface area (Å²) in [5, 5.41) is 5.83. The van der Waals surface area contributed by atoms with Crippen LogP contribution < -0.4 is 10.6 Å². The molecule has 3 amide bonds. The van der Waals surface area contributed by atoms with Crippen LogP contribution in [0.15, 0.2) is 48.5 Å². The van der Waals surface area contributed by atoms with Crippen LogP contribution in [0.2, 0.25) is 0 Å². The van der Waals surface area contributed by atoms with Crippen LogP contribution in [0, 0.1) is 0 Å². The summed E-state index contributed by atoms with van der Waals surface area (Å²) in [4.78, 5) is 40.2. The highest BCUT2D eigenvalue weighted by molar-refractivity contribution is 5.98. The van der Waals surface area contributed by atoms with Gasteiger partial charge >= 0.3 is 0 Å². The van der Waals surface area contributed by atoms with Crippen molar-refractivity contribution in [2.45, 2.75) is 12.8 Å². The summed E-state index contributed by atoms with van der Waals surface area (Å²) in [6.45, 7) is 1.65. The fourth-order valence-electron chi connectivity index (χ4n) is 3.24. The normalized spacial score (nSPS) is 13.1. The highest BCUT2D eigenvalue weighted by Gasteiger charge is 2.19. The predicted molar refractivity (Wildman–Crippen MR) is 113 cm³/mol. The van der Waals surface area contributed by atoms with Gasteiger partial charge in [0.25, 0.3) is 11.8 Å². The molecule has 152 valence electrons. The second-order valence-electron chi connectivity index (χ2n) is 7.26. The van der Waals surface area contributed by atoms with Crippen LogP contribution in [0.3, 0.4) is 0 Å². The molecule has 1 saturated heterocycles. The molecule has 0 spiro atoms. The number of hydrogen-bond acceptors (Lipinski definition) is 4. The highest BCUT2D eigenvalue weighted by Crippen LogP contribution is 2.17. The van der Waals surface area contributed by atoms with Crippen molar-refractivity contribution in [3.05, 3.63) is 59.7 Å². The monoisotopic (exact) mass is 394 g/mol. The number of carbonyl (C=O) groups is 3. The zero-order chi connectivity index (χ0) is 20.8. The number of amides is 3. The van der Waals surface area contributed by atoms with Crippen LogP contribution in [-0.2, 0) is 4.79 Å². The lowest BCUT2D eigenvalue weighted by molar-refractivity contribution is -0.114. The number of hydrogen-bond donors (Lipinski definition) is 2. The zero-order valence-corrected chi connectivity index (χ0v) is 16.8. The Bertz CT molecular complexity index is 904. The highest BCUT2D eigenvalue weighted by atomic mass is 16.2. The average Bonchev–Trinajstić information content (AvgIpc) is 3.26. The molecule has 0 aliphatic carbocycles. The first kappa shape index (κ1) is 20.4. The second-order valence-corrected chi connectivity index (χ2v) is 7.26. The molecule has 1 fully saturated rings. The van der Waals surface area contributed by atoms with Crippen molar-refractivity contribution in [1.82, 2.24) is 9.80 Å². The molecule has 2 N–H and O–H groups in total. The Labute approximate surface area is 170 Å². The molecule has 0 aromatic heterocycles. The lowest BCUT2D eigenvalue weighted by Gasteiger charge is -2.16. The van der Waals surface area contributed by atoms with Gasteiger partial charge in [0.05, 0.1) is 6.54 Å². The minimum Gasteiger partial charge on any atom is -0.376 e. The van der Waals surface area contributed by atoms with Gasteiger partial charge in [-0.2, -0.15) is 0 Å². The minimum absolute atomic E-state index is 0.0259. The fraction of sp³-hybridized carbons (Fsp3) is 0.318. The van der Waals surface area contributed by atoms with Gasteiger partial charge in [-0.25, -0.2) is 0 Å². The third kappa shape index (κ3) is 5.34. The van der Waals surface area contributed by atoms with E-state index in [-0.39, 0.29) is 24.3 Å². The number of benzene rings is 2. The maximum atomic E-state index is 12.5. The quantitative estimate of drug-likeness (QED) is 0.789. The van der Waals surface area contributed by atoms with E-state index in [1.807, 2.05) is 11.0 Å². The molecule has 29 heavy (non-hydrogen) atoms. The standard InChI is InChI=1S/C22H26N4O3/c1-25(2)21(28)16-7-6-10-19(14-16)24-20(27)15-23-18-9-5-8-17(13-18)22(29)26-11-3-4-12-26/h5-10,13-14,23H,3-4,11-12,15H2,1-2H3,(H,24,27). The van der Waals surface area contributed by atoms with E-state index in [2.05, 4.69) is 10.6 Å². The van der Waals surface area contributed by atoms with Gasteiger partial charge in [0.15, 0.2) is 0 Å². The number of anilines is 2. The van der Waals surface area contributed by atoms with E-state index >= 15 is 0 Å². The Balaban J connectivity index is 1.57. The van der Waals surface area contributed by atoms with Crippen LogP contribution >= 0.6 is 0 Å². The van der Waals surface area contributed by atoms with E-state index in [4.69, 9.17) is 0 Å². The van der Waals surface area contributed by atoms with Crippen molar-refractivity contribution in [2.75, 3.05) is 44.4 Å². The maximum Gasteiger partial charge on any atom is 0.253 e. The van der Waals surface area contributed by atoms with E-state index in [1.165, 1.54) is 4.90 Å². The van der Waals surface area contributed by atoms with Gasteiger partial charge in [0.2, 0.25) is 5.91 Å². The molecule has 3 rings (SSSR count). The van der Waals surface area contributed by atoms with E-state index in [9.17, 15) is 14.4 Å². The summed E-state index contributed by atoms with van der Waals surface area (Å²) in [6, 6.07) is 14.0. The number of rotatable bonds is 6. The van der Waals surface area contributed by atoms with Gasteiger partial charge in [-0.05, 0) is 49.2 Å². The molecule has 0 radical (unpaired) electrons. The lowest BCUT2D eigenvalue weighted by Crippen LogP contribution is -2.27. The summed E-state index contributed by atoms with van der Waals surface area (Å²) in [7, 11) is 3.36. The molecule has 2 aromatic carbocycles. The molecule has 2 aromatic rings. The van der Waals surface area contributed by atoms with Gasteiger partial charge in [-0.15, -0.1) is 0 Å². The van der Waals surface area contributed by atoms with E-state index in [1.54, 1.807) is 56.6 Å². The third-order valence-corrected chi connectivity index (χ3v) is 4.76. The average molecular weight is 394 g/mol. The SMILES string of the molecule is CN(C)C(=O)c1cccc(NC(=O)CNc2cccc(C(=O)N3CCCC3)c2)c1.